The van der Waals surface area contributed by atoms with Crippen molar-refractivity contribution in [2.24, 2.45) is 5.92 Å². The van der Waals surface area contributed by atoms with Gasteiger partial charge in [0, 0.05) is 0 Å². The predicted octanol–water partition coefficient (Wildman–Crippen LogP) is 3.64. The number of halogens is 3. The van der Waals surface area contributed by atoms with Gasteiger partial charge in [0.25, 0.3) is 0 Å². The molecule has 2 rings (SSSR count). The molecule has 1 aliphatic rings. The lowest BCUT2D eigenvalue weighted by Crippen LogP contribution is -2.17. The quantitative estimate of drug-likeness (QED) is 0.908. The molecule has 0 radical (unpaired) electrons. The molecule has 1 N–H and O–H groups in total. The van der Waals surface area contributed by atoms with Gasteiger partial charge < -0.3 is 9.84 Å². The van der Waals surface area contributed by atoms with E-state index < -0.39 is 11.7 Å². The first-order valence-electron chi connectivity index (χ1n) is 6.45. The molecular weight excluding hydrogens is 257 g/mol. The van der Waals surface area contributed by atoms with Crippen LogP contribution in [0.3, 0.4) is 0 Å². The molecule has 2 unspecified atom stereocenters. The van der Waals surface area contributed by atoms with Crippen LogP contribution < -0.4 is 4.74 Å². The molecule has 0 heterocycles. The van der Waals surface area contributed by atoms with Crippen molar-refractivity contribution in [2.75, 3.05) is 6.61 Å². The van der Waals surface area contributed by atoms with E-state index in [1.165, 1.54) is 18.2 Å². The topological polar surface area (TPSA) is 29.5 Å². The van der Waals surface area contributed by atoms with Crippen LogP contribution >= 0.6 is 0 Å². The molecule has 1 saturated carbocycles. The number of rotatable bonds is 4. The number of aliphatic hydroxyl groups is 1. The van der Waals surface area contributed by atoms with Gasteiger partial charge in [-0.2, -0.15) is 13.2 Å². The third kappa shape index (κ3) is 3.62. The second kappa shape index (κ2) is 5.82. The molecule has 0 saturated heterocycles. The molecule has 19 heavy (non-hydrogen) atoms. The fraction of sp³-hybridized carbons (Fsp3) is 0.571. The van der Waals surface area contributed by atoms with Crippen LogP contribution in [0.1, 0.15) is 31.2 Å². The zero-order chi connectivity index (χ0) is 13.9. The third-order valence-corrected chi connectivity index (χ3v) is 3.56. The van der Waals surface area contributed by atoms with Crippen molar-refractivity contribution in [2.45, 2.75) is 38.0 Å². The minimum Gasteiger partial charge on any atom is -0.493 e. The van der Waals surface area contributed by atoms with E-state index in [4.69, 9.17) is 4.74 Å². The Hall–Kier alpha value is -1.23. The molecule has 5 heteroatoms. The first-order chi connectivity index (χ1) is 8.98. The number of hydrogen-bond donors (Lipinski definition) is 1. The van der Waals surface area contributed by atoms with Crippen LogP contribution in [0, 0.1) is 5.92 Å². The summed E-state index contributed by atoms with van der Waals surface area (Å²) in [5.74, 6) is 0.0144. The minimum atomic E-state index is -4.40. The summed E-state index contributed by atoms with van der Waals surface area (Å²) in [6.07, 6.45) is -1.46. The molecule has 0 aromatic heterocycles. The van der Waals surface area contributed by atoms with Crippen LogP contribution in [0.4, 0.5) is 13.2 Å². The van der Waals surface area contributed by atoms with Gasteiger partial charge in [-0.15, -0.1) is 0 Å². The Morgan fingerprint density at radius 2 is 1.95 bits per heavy atom. The van der Waals surface area contributed by atoms with Gasteiger partial charge in [0.05, 0.1) is 18.3 Å². The SMILES string of the molecule is OC1CCCC1CCOc1ccccc1C(F)(F)F. The lowest BCUT2D eigenvalue weighted by Gasteiger charge is -2.17. The predicted molar refractivity (Wildman–Crippen MR) is 64.9 cm³/mol. The zero-order valence-corrected chi connectivity index (χ0v) is 10.5. The van der Waals surface area contributed by atoms with Crippen molar-refractivity contribution < 1.29 is 23.0 Å². The number of hydrogen-bond acceptors (Lipinski definition) is 2. The van der Waals surface area contributed by atoms with E-state index in [0.717, 1.165) is 25.3 Å². The van der Waals surface area contributed by atoms with Gasteiger partial charge in [-0.3, -0.25) is 0 Å². The Labute approximate surface area is 110 Å². The van der Waals surface area contributed by atoms with Gasteiger partial charge in [-0.05, 0) is 37.3 Å². The number of para-hydroxylation sites is 1. The van der Waals surface area contributed by atoms with E-state index in [0.29, 0.717) is 6.42 Å². The van der Waals surface area contributed by atoms with E-state index in [9.17, 15) is 18.3 Å². The maximum absolute atomic E-state index is 12.7. The highest BCUT2D eigenvalue weighted by molar-refractivity contribution is 5.35. The summed E-state index contributed by atoms with van der Waals surface area (Å²) >= 11 is 0. The maximum atomic E-state index is 12.7. The van der Waals surface area contributed by atoms with Gasteiger partial charge in [0.15, 0.2) is 0 Å². The van der Waals surface area contributed by atoms with Gasteiger partial charge in [-0.1, -0.05) is 18.6 Å². The van der Waals surface area contributed by atoms with Crippen molar-refractivity contribution in [3.8, 4) is 5.75 Å². The molecule has 0 amide bonds. The Bertz CT molecular complexity index is 417. The second-order valence-corrected chi connectivity index (χ2v) is 4.89. The van der Waals surface area contributed by atoms with Crippen LogP contribution in [0.5, 0.6) is 5.75 Å². The molecule has 0 bridgehead atoms. The van der Waals surface area contributed by atoms with E-state index >= 15 is 0 Å². The lowest BCUT2D eigenvalue weighted by atomic mass is 10.0. The summed E-state index contributed by atoms with van der Waals surface area (Å²) in [7, 11) is 0. The lowest BCUT2D eigenvalue weighted by molar-refractivity contribution is -0.139. The second-order valence-electron chi connectivity index (χ2n) is 4.89. The van der Waals surface area contributed by atoms with Crippen molar-refractivity contribution in [1.29, 1.82) is 0 Å². The molecule has 1 aromatic carbocycles. The maximum Gasteiger partial charge on any atom is 0.419 e. The highest BCUT2D eigenvalue weighted by atomic mass is 19.4. The molecule has 1 aromatic rings. The van der Waals surface area contributed by atoms with Gasteiger partial charge in [0.2, 0.25) is 0 Å². The largest absolute Gasteiger partial charge is 0.493 e. The normalized spacial score (nSPS) is 23.6. The van der Waals surface area contributed by atoms with Gasteiger partial charge in [-0.25, -0.2) is 0 Å². The number of aliphatic hydroxyl groups excluding tert-OH is 1. The molecule has 1 fully saturated rings. The summed E-state index contributed by atoms with van der Waals surface area (Å²) in [5, 5.41) is 9.63. The first kappa shape index (κ1) is 14.2. The highest BCUT2D eigenvalue weighted by Crippen LogP contribution is 2.36. The molecular formula is C14H17F3O2. The van der Waals surface area contributed by atoms with Crippen LogP contribution in [0.15, 0.2) is 24.3 Å². The average molecular weight is 274 g/mol. The Morgan fingerprint density at radius 1 is 1.21 bits per heavy atom. The Balaban J connectivity index is 1.92. The van der Waals surface area contributed by atoms with Crippen molar-refractivity contribution >= 4 is 0 Å². The molecule has 2 atom stereocenters. The molecule has 0 aliphatic heterocycles. The number of ether oxygens (including phenoxy) is 1. The molecule has 2 nitrogen and oxygen atoms in total. The smallest absolute Gasteiger partial charge is 0.419 e. The third-order valence-electron chi connectivity index (χ3n) is 3.56. The first-order valence-corrected chi connectivity index (χ1v) is 6.45. The Kier molecular flexibility index (Phi) is 4.34. The van der Waals surface area contributed by atoms with Crippen LogP contribution in [0.2, 0.25) is 0 Å². The minimum absolute atomic E-state index is 0.137. The number of alkyl halides is 3. The van der Waals surface area contributed by atoms with E-state index in [1.54, 1.807) is 0 Å². The van der Waals surface area contributed by atoms with Crippen LogP contribution in [0.25, 0.3) is 0 Å². The summed E-state index contributed by atoms with van der Waals surface area (Å²) < 4.78 is 43.4. The Morgan fingerprint density at radius 3 is 2.58 bits per heavy atom. The van der Waals surface area contributed by atoms with Crippen molar-refractivity contribution in [3.05, 3.63) is 29.8 Å². The van der Waals surface area contributed by atoms with Gasteiger partial charge in [0.1, 0.15) is 5.75 Å². The molecule has 0 spiro atoms. The monoisotopic (exact) mass is 274 g/mol. The van der Waals surface area contributed by atoms with Gasteiger partial charge >= 0.3 is 6.18 Å². The summed E-state index contributed by atoms with van der Waals surface area (Å²) in [4.78, 5) is 0. The molecule has 1 aliphatic carbocycles. The van der Waals surface area contributed by atoms with E-state index in [2.05, 4.69) is 0 Å². The standard InChI is InChI=1S/C14H17F3O2/c15-14(16,17)11-5-1-2-7-13(11)19-9-8-10-4-3-6-12(10)18/h1-2,5,7,10,12,18H,3-4,6,8-9H2. The van der Waals surface area contributed by atoms with Crippen LogP contribution in [-0.4, -0.2) is 17.8 Å². The fourth-order valence-corrected chi connectivity index (χ4v) is 2.50. The summed E-state index contributed by atoms with van der Waals surface area (Å²) in [6, 6.07) is 5.21. The van der Waals surface area contributed by atoms with Crippen molar-refractivity contribution in [1.82, 2.24) is 0 Å². The van der Waals surface area contributed by atoms with Crippen LogP contribution in [-0.2, 0) is 6.18 Å². The zero-order valence-electron chi connectivity index (χ0n) is 10.5. The fourth-order valence-electron chi connectivity index (χ4n) is 2.50. The number of benzene rings is 1. The molecule has 106 valence electrons. The van der Waals surface area contributed by atoms with Crippen molar-refractivity contribution in [3.63, 3.8) is 0 Å². The van der Waals surface area contributed by atoms with E-state index in [1.807, 2.05) is 0 Å². The summed E-state index contributed by atoms with van der Waals surface area (Å²) in [6.45, 7) is 0.203. The highest BCUT2D eigenvalue weighted by Gasteiger charge is 2.34. The van der Waals surface area contributed by atoms with E-state index in [-0.39, 0.29) is 24.4 Å². The summed E-state index contributed by atoms with van der Waals surface area (Å²) in [5.41, 5.74) is -0.748. The average Bonchev–Trinajstić information content (AvgIpc) is 2.75.